The molecule has 1 saturated heterocycles. The standard InChI is InChI=1S/C13H18N2O5S/c1-10-11(15(17)18)5-3-6-12(10)21(19,20)14-8-4-7-13(2,16)9-14/h3,5-6,16H,4,7-9H2,1-2H3. The van der Waals surface area contributed by atoms with Gasteiger partial charge in [0.1, 0.15) is 0 Å². The summed E-state index contributed by atoms with van der Waals surface area (Å²) in [6.07, 6.45) is 1.09. The largest absolute Gasteiger partial charge is 0.389 e. The van der Waals surface area contributed by atoms with Crippen LogP contribution in [0.2, 0.25) is 0 Å². The Hall–Kier alpha value is -1.51. The first-order valence-corrected chi connectivity index (χ1v) is 8.06. The molecule has 1 heterocycles. The van der Waals surface area contributed by atoms with E-state index in [0.29, 0.717) is 19.4 Å². The molecule has 1 N–H and O–H groups in total. The zero-order valence-electron chi connectivity index (χ0n) is 11.9. The van der Waals surface area contributed by atoms with Crippen LogP contribution >= 0.6 is 0 Å². The Bertz CT molecular complexity index is 669. The minimum atomic E-state index is -3.85. The lowest BCUT2D eigenvalue weighted by molar-refractivity contribution is -0.385. The first kappa shape index (κ1) is 15.9. The maximum absolute atomic E-state index is 12.7. The molecule has 0 radical (unpaired) electrons. The molecule has 0 bridgehead atoms. The zero-order valence-corrected chi connectivity index (χ0v) is 12.8. The van der Waals surface area contributed by atoms with Crippen molar-refractivity contribution in [3.63, 3.8) is 0 Å². The number of nitro benzene ring substituents is 1. The predicted molar refractivity (Wildman–Crippen MR) is 76.5 cm³/mol. The summed E-state index contributed by atoms with van der Waals surface area (Å²) in [5.41, 5.74) is -1.17. The van der Waals surface area contributed by atoms with E-state index in [1.54, 1.807) is 6.92 Å². The van der Waals surface area contributed by atoms with Crippen LogP contribution in [0.15, 0.2) is 23.1 Å². The van der Waals surface area contributed by atoms with Gasteiger partial charge in [-0.25, -0.2) is 8.42 Å². The van der Waals surface area contributed by atoms with Crippen molar-refractivity contribution in [2.45, 2.75) is 37.2 Å². The fourth-order valence-electron chi connectivity index (χ4n) is 2.60. The molecule has 1 atom stereocenters. The molecule has 116 valence electrons. The van der Waals surface area contributed by atoms with Gasteiger partial charge in [-0.3, -0.25) is 10.1 Å². The molecule has 0 aromatic heterocycles. The van der Waals surface area contributed by atoms with Crippen LogP contribution in [0.1, 0.15) is 25.3 Å². The van der Waals surface area contributed by atoms with Crippen LogP contribution in [-0.2, 0) is 10.0 Å². The van der Waals surface area contributed by atoms with Crippen LogP contribution in [0.3, 0.4) is 0 Å². The van der Waals surface area contributed by atoms with Gasteiger partial charge in [0.05, 0.1) is 15.4 Å². The van der Waals surface area contributed by atoms with Crippen LogP contribution in [0.4, 0.5) is 5.69 Å². The lowest BCUT2D eigenvalue weighted by Gasteiger charge is -2.36. The number of β-amino-alcohol motifs (C(OH)–C–C–N with tert-alkyl or cyclic N) is 1. The summed E-state index contributed by atoms with van der Waals surface area (Å²) in [6, 6.07) is 4.00. The Morgan fingerprint density at radius 3 is 2.67 bits per heavy atom. The number of rotatable bonds is 3. The zero-order chi connectivity index (χ0) is 15.8. The van der Waals surface area contributed by atoms with Gasteiger partial charge in [0.15, 0.2) is 0 Å². The van der Waals surface area contributed by atoms with Crippen molar-refractivity contribution in [1.82, 2.24) is 4.31 Å². The molecule has 7 nitrogen and oxygen atoms in total. The molecule has 1 aromatic rings. The quantitative estimate of drug-likeness (QED) is 0.672. The van der Waals surface area contributed by atoms with Gasteiger partial charge in [-0.05, 0) is 32.8 Å². The molecule has 21 heavy (non-hydrogen) atoms. The Kier molecular flexibility index (Phi) is 4.05. The first-order chi connectivity index (χ1) is 9.65. The number of sulfonamides is 1. The third-order valence-corrected chi connectivity index (χ3v) is 5.70. The monoisotopic (exact) mass is 314 g/mol. The van der Waals surface area contributed by atoms with Crippen LogP contribution < -0.4 is 0 Å². The molecule has 0 saturated carbocycles. The molecule has 2 rings (SSSR count). The van der Waals surface area contributed by atoms with E-state index >= 15 is 0 Å². The molecule has 1 aliphatic heterocycles. The van der Waals surface area contributed by atoms with Crippen molar-refractivity contribution >= 4 is 15.7 Å². The van der Waals surface area contributed by atoms with Gasteiger partial charge in [-0.1, -0.05) is 6.07 Å². The smallest absolute Gasteiger partial charge is 0.273 e. The minimum Gasteiger partial charge on any atom is -0.389 e. The second kappa shape index (κ2) is 5.36. The number of nitro groups is 1. The second-order valence-corrected chi connectivity index (χ2v) is 7.50. The number of aliphatic hydroxyl groups is 1. The van der Waals surface area contributed by atoms with Crippen LogP contribution in [-0.4, -0.2) is 41.4 Å². The van der Waals surface area contributed by atoms with Gasteiger partial charge < -0.3 is 5.11 Å². The molecule has 0 aliphatic carbocycles. The minimum absolute atomic E-state index is 0.00251. The normalized spacial score (nSPS) is 24.0. The summed E-state index contributed by atoms with van der Waals surface area (Å²) in [5.74, 6) is 0. The van der Waals surface area contributed by atoms with E-state index in [4.69, 9.17) is 0 Å². The maximum Gasteiger partial charge on any atom is 0.273 e. The molecular formula is C13H18N2O5S. The van der Waals surface area contributed by atoms with Gasteiger partial charge in [0.2, 0.25) is 10.0 Å². The number of hydrogen-bond donors (Lipinski definition) is 1. The molecule has 1 unspecified atom stereocenters. The van der Waals surface area contributed by atoms with Crippen molar-refractivity contribution in [1.29, 1.82) is 0 Å². The predicted octanol–water partition coefficient (Wildman–Crippen LogP) is 1.44. The van der Waals surface area contributed by atoms with Crippen LogP contribution in [0.25, 0.3) is 0 Å². The third-order valence-electron chi connectivity index (χ3n) is 3.71. The summed E-state index contributed by atoms with van der Waals surface area (Å²) in [4.78, 5) is 10.3. The highest BCUT2D eigenvalue weighted by Crippen LogP contribution is 2.30. The Balaban J connectivity index is 2.45. The van der Waals surface area contributed by atoms with E-state index in [1.807, 2.05) is 0 Å². The Labute approximate surface area is 123 Å². The number of benzene rings is 1. The van der Waals surface area contributed by atoms with Crippen molar-refractivity contribution < 1.29 is 18.4 Å². The lowest BCUT2D eigenvalue weighted by Crippen LogP contribution is -2.48. The summed E-state index contributed by atoms with van der Waals surface area (Å²) >= 11 is 0. The average Bonchev–Trinajstić information content (AvgIpc) is 2.37. The molecule has 8 heteroatoms. The first-order valence-electron chi connectivity index (χ1n) is 6.62. The average molecular weight is 314 g/mol. The molecular weight excluding hydrogens is 296 g/mol. The summed E-state index contributed by atoms with van der Waals surface area (Å²) in [6.45, 7) is 3.32. The van der Waals surface area contributed by atoms with E-state index in [1.165, 1.54) is 29.4 Å². The fourth-order valence-corrected chi connectivity index (χ4v) is 4.44. The highest BCUT2D eigenvalue weighted by Gasteiger charge is 2.37. The van der Waals surface area contributed by atoms with Crippen molar-refractivity contribution in [3.05, 3.63) is 33.9 Å². The molecule has 0 amide bonds. The number of hydrogen-bond acceptors (Lipinski definition) is 5. The SMILES string of the molecule is Cc1c([N+](=O)[O-])cccc1S(=O)(=O)N1CCCC(C)(O)C1. The molecule has 1 aromatic carbocycles. The summed E-state index contributed by atoms with van der Waals surface area (Å²) in [7, 11) is -3.85. The highest BCUT2D eigenvalue weighted by molar-refractivity contribution is 7.89. The van der Waals surface area contributed by atoms with E-state index in [9.17, 15) is 23.6 Å². The lowest BCUT2D eigenvalue weighted by atomic mass is 9.97. The molecule has 1 aliphatic rings. The van der Waals surface area contributed by atoms with E-state index in [0.717, 1.165) is 0 Å². The Morgan fingerprint density at radius 1 is 1.43 bits per heavy atom. The van der Waals surface area contributed by atoms with E-state index in [-0.39, 0.29) is 22.7 Å². The Morgan fingerprint density at radius 2 is 2.10 bits per heavy atom. The van der Waals surface area contributed by atoms with Crippen LogP contribution in [0, 0.1) is 17.0 Å². The number of piperidine rings is 1. The summed E-state index contributed by atoms with van der Waals surface area (Å²) < 4.78 is 26.5. The van der Waals surface area contributed by atoms with Gasteiger partial charge in [-0.2, -0.15) is 4.31 Å². The fraction of sp³-hybridized carbons (Fsp3) is 0.538. The van der Waals surface area contributed by atoms with Gasteiger partial charge in [-0.15, -0.1) is 0 Å². The third kappa shape index (κ3) is 3.07. The maximum atomic E-state index is 12.7. The van der Waals surface area contributed by atoms with Crippen molar-refractivity contribution in [2.75, 3.05) is 13.1 Å². The van der Waals surface area contributed by atoms with Crippen LogP contribution in [0.5, 0.6) is 0 Å². The van der Waals surface area contributed by atoms with E-state index in [2.05, 4.69) is 0 Å². The topological polar surface area (TPSA) is 101 Å². The van der Waals surface area contributed by atoms with Crippen molar-refractivity contribution in [3.8, 4) is 0 Å². The number of nitrogens with zero attached hydrogens (tertiary/aromatic N) is 2. The van der Waals surface area contributed by atoms with Gasteiger partial charge in [0.25, 0.3) is 5.69 Å². The van der Waals surface area contributed by atoms with Crippen molar-refractivity contribution in [2.24, 2.45) is 0 Å². The molecule has 0 spiro atoms. The van der Waals surface area contributed by atoms with Gasteiger partial charge in [0, 0.05) is 24.7 Å². The van der Waals surface area contributed by atoms with E-state index < -0.39 is 20.5 Å². The van der Waals surface area contributed by atoms with Gasteiger partial charge >= 0.3 is 0 Å². The molecule has 1 fully saturated rings. The summed E-state index contributed by atoms with van der Waals surface area (Å²) in [5, 5.41) is 21.0. The second-order valence-electron chi connectivity index (χ2n) is 5.60. The highest BCUT2D eigenvalue weighted by atomic mass is 32.2.